The molecule has 6 nitrogen and oxygen atoms in total. The van der Waals surface area contributed by atoms with Crippen LogP contribution in [-0.4, -0.2) is 46.8 Å². The Morgan fingerprint density at radius 1 is 1.19 bits per heavy atom. The highest BCUT2D eigenvalue weighted by Gasteiger charge is 2.25. The molecular formula is C19H19ClFN3O3. The van der Waals surface area contributed by atoms with Crippen molar-refractivity contribution in [3.63, 3.8) is 0 Å². The van der Waals surface area contributed by atoms with Gasteiger partial charge in [-0.2, -0.15) is 0 Å². The first-order valence-electron chi connectivity index (χ1n) is 8.56. The zero-order valence-electron chi connectivity index (χ0n) is 14.8. The smallest absolute Gasteiger partial charge is 0.276 e. The summed E-state index contributed by atoms with van der Waals surface area (Å²) in [6, 6.07) is 9.85. The van der Waals surface area contributed by atoms with Crippen LogP contribution in [0.5, 0.6) is 0 Å². The van der Waals surface area contributed by atoms with Gasteiger partial charge in [0.1, 0.15) is 5.82 Å². The van der Waals surface area contributed by atoms with Gasteiger partial charge in [-0.1, -0.05) is 23.7 Å². The van der Waals surface area contributed by atoms with E-state index in [4.69, 9.17) is 11.6 Å². The summed E-state index contributed by atoms with van der Waals surface area (Å²) in [5.74, 6) is -1.13. The number of amides is 1. The maximum atomic E-state index is 14.0. The molecule has 0 bridgehead atoms. The number of nitro groups is 1. The number of benzene rings is 2. The molecule has 1 aliphatic heterocycles. The predicted molar refractivity (Wildman–Crippen MR) is 100 cm³/mol. The van der Waals surface area contributed by atoms with E-state index in [2.05, 4.69) is 4.90 Å². The molecule has 0 aromatic heterocycles. The Hall–Kier alpha value is -2.51. The van der Waals surface area contributed by atoms with Gasteiger partial charge in [0.25, 0.3) is 11.6 Å². The minimum atomic E-state index is -0.742. The van der Waals surface area contributed by atoms with Crippen LogP contribution >= 0.6 is 11.6 Å². The number of piperazine rings is 1. The van der Waals surface area contributed by atoms with Gasteiger partial charge in [-0.3, -0.25) is 19.8 Å². The van der Waals surface area contributed by atoms with Gasteiger partial charge >= 0.3 is 0 Å². The van der Waals surface area contributed by atoms with Crippen molar-refractivity contribution in [3.05, 3.63) is 74.0 Å². The lowest BCUT2D eigenvalue weighted by Gasteiger charge is -2.34. The van der Waals surface area contributed by atoms with Crippen molar-refractivity contribution in [1.29, 1.82) is 0 Å². The van der Waals surface area contributed by atoms with E-state index in [0.29, 0.717) is 31.2 Å². The van der Waals surface area contributed by atoms with Crippen LogP contribution in [0.1, 0.15) is 21.5 Å². The third-order valence-electron chi connectivity index (χ3n) is 4.74. The SMILES string of the molecule is Cc1c(F)cc(C(=O)N2CCN(Cc3ccc(Cl)cc3)CC2)cc1[N+](=O)[O-]. The summed E-state index contributed by atoms with van der Waals surface area (Å²) in [6.45, 7) is 4.39. The highest BCUT2D eigenvalue weighted by Crippen LogP contribution is 2.24. The lowest BCUT2D eigenvalue weighted by atomic mass is 10.1. The summed E-state index contributed by atoms with van der Waals surface area (Å²) in [5.41, 5.74) is 0.704. The van der Waals surface area contributed by atoms with Gasteiger partial charge in [0.15, 0.2) is 0 Å². The fraction of sp³-hybridized carbons (Fsp3) is 0.316. The fourth-order valence-corrected chi connectivity index (χ4v) is 3.24. The molecule has 0 saturated carbocycles. The van der Waals surface area contributed by atoms with E-state index in [1.165, 1.54) is 6.92 Å². The number of carbonyl (C=O) groups is 1. The van der Waals surface area contributed by atoms with Crippen LogP contribution in [0.15, 0.2) is 36.4 Å². The highest BCUT2D eigenvalue weighted by atomic mass is 35.5. The topological polar surface area (TPSA) is 66.7 Å². The molecule has 1 heterocycles. The summed E-state index contributed by atoms with van der Waals surface area (Å²) < 4.78 is 14.0. The van der Waals surface area contributed by atoms with Gasteiger partial charge in [0, 0.05) is 49.4 Å². The van der Waals surface area contributed by atoms with Crippen molar-refractivity contribution in [2.45, 2.75) is 13.5 Å². The molecule has 3 rings (SSSR count). The van der Waals surface area contributed by atoms with Crippen LogP contribution in [0.4, 0.5) is 10.1 Å². The lowest BCUT2D eigenvalue weighted by molar-refractivity contribution is -0.385. The third kappa shape index (κ3) is 4.43. The van der Waals surface area contributed by atoms with Crippen LogP contribution in [0.25, 0.3) is 0 Å². The van der Waals surface area contributed by atoms with Gasteiger partial charge in [-0.15, -0.1) is 0 Å². The number of hydrogen-bond acceptors (Lipinski definition) is 4. The second kappa shape index (κ2) is 8.02. The molecule has 1 aliphatic rings. The Labute approximate surface area is 161 Å². The van der Waals surface area contributed by atoms with E-state index in [0.717, 1.165) is 24.2 Å². The number of nitro benzene ring substituents is 1. The van der Waals surface area contributed by atoms with Crippen LogP contribution < -0.4 is 0 Å². The molecule has 0 unspecified atom stereocenters. The standard InChI is InChI=1S/C19H19ClFN3O3/c1-13-17(21)10-15(11-18(13)24(26)27)19(25)23-8-6-22(7-9-23)12-14-2-4-16(20)5-3-14/h2-5,10-11H,6-9,12H2,1H3. The Balaban J connectivity index is 1.65. The van der Waals surface area contributed by atoms with Crippen molar-refractivity contribution >= 4 is 23.2 Å². The molecule has 1 saturated heterocycles. The molecule has 2 aromatic rings. The highest BCUT2D eigenvalue weighted by molar-refractivity contribution is 6.30. The molecule has 2 aromatic carbocycles. The first kappa shape index (κ1) is 19.3. The van der Waals surface area contributed by atoms with Crippen molar-refractivity contribution in [1.82, 2.24) is 9.80 Å². The first-order chi connectivity index (χ1) is 12.8. The maximum absolute atomic E-state index is 14.0. The lowest BCUT2D eigenvalue weighted by Crippen LogP contribution is -2.48. The number of halogens is 2. The minimum Gasteiger partial charge on any atom is -0.336 e. The summed E-state index contributed by atoms with van der Waals surface area (Å²) in [7, 11) is 0. The molecule has 8 heteroatoms. The zero-order valence-corrected chi connectivity index (χ0v) is 15.6. The Morgan fingerprint density at radius 2 is 1.81 bits per heavy atom. The van der Waals surface area contributed by atoms with Gasteiger partial charge in [-0.25, -0.2) is 4.39 Å². The molecule has 0 spiro atoms. The molecule has 1 amide bonds. The molecule has 0 atom stereocenters. The molecule has 27 heavy (non-hydrogen) atoms. The molecule has 0 radical (unpaired) electrons. The number of carbonyl (C=O) groups excluding carboxylic acids is 1. The maximum Gasteiger partial charge on any atom is 0.276 e. The molecule has 0 aliphatic carbocycles. The second-order valence-corrected chi connectivity index (χ2v) is 6.99. The van der Waals surface area contributed by atoms with Crippen molar-refractivity contribution in [3.8, 4) is 0 Å². The predicted octanol–water partition coefficient (Wildman–Crippen LogP) is 3.65. The van der Waals surface area contributed by atoms with E-state index in [9.17, 15) is 19.3 Å². The third-order valence-corrected chi connectivity index (χ3v) is 4.99. The van der Waals surface area contributed by atoms with Crippen molar-refractivity contribution in [2.24, 2.45) is 0 Å². The van der Waals surface area contributed by atoms with Gasteiger partial charge in [-0.05, 0) is 30.7 Å². The molecular weight excluding hydrogens is 373 g/mol. The number of hydrogen-bond donors (Lipinski definition) is 0. The van der Waals surface area contributed by atoms with Crippen molar-refractivity contribution < 1.29 is 14.1 Å². The quantitative estimate of drug-likeness (QED) is 0.589. The van der Waals surface area contributed by atoms with Gasteiger partial charge in [0.05, 0.1) is 10.5 Å². The number of nitrogens with zero attached hydrogens (tertiary/aromatic N) is 3. The van der Waals surface area contributed by atoms with Gasteiger partial charge < -0.3 is 4.90 Å². The van der Waals surface area contributed by atoms with Crippen LogP contribution in [0.3, 0.4) is 0 Å². The van der Waals surface area contributed by atoms with E-state index in [1.807, 2.05) is 24.3 Å². The van der Waals surface area contributed by atoms with E-state index in [-0.39, 0.29) is 22.7 Å². The molecule has 142 valence electrons. The summed E-state index contributed by atoms with van der Waals surface area (Å²) in [6.07, 6.45) is 0. The summed E-state index contributed by atoms with van der Waals surface area (Å²) in [5, 5.41) is 11.8. The van der Waals surface area contributed by atoms with Crippen LogP contribution in [0.2, 0.25) is 5.02 Å². The Bertz CT molecular complexity index is 865. The van der Waals surface area contributed by atoms with Crippen LogP contribution in [-0.2, 0) is 6.54 Å². The average molecular weight is 392 g/mol. The monoisotopic (exact) mass is 391 g/mol. The normalized spacial score (nSPS) is 15.0. The Morgan fingerprint density at radius 3 is 2.41 bits per heavy atom. The fourth-order valence-electron chi connectivity index (χ4n) is 3.12. The minimum absolute atomic E-state index is 0.0101. The first-order valence-corrected chi connectivity index (χ1v) is 8.93. The van der Waals surface area contributed by atoms with E-state index < -0.39 is 10.7 Å². The van der Waals surface area contributed by atoms with E-state index in [1.54, 1.807) is 4.90 Å². The number of rotatable bonds is 4. The Kier molecular flexibility index (Phi) is 5.72. The summed E-state index contributed by atoms with van der Waals surface area (Å²) >= 11 is 5.89. The van der Waals surface area contributed by atoms with Crippen LogP contribution in [0, 0.1) is 22.9 Å². The second-order valence-electron chi connectivity index (χ2n) is 6.55. The summed E-state index contributed by atoms with van der Waals surface area (Å²) in [4.78, 5) is 26.9. The molecule has 1 fully saturated rings. The van der Waals surface area contributed by atoms with Crippen molar-refractivity contribution in [2.75, 3.05) is 26.2 Å². The zero-order chi connectivity index (χ0) is 19.6. The largest absolute Gasteiger partial charge is 0.336 e. The average Bonchev–Trinajstić information content (AvgIpc) is 2.65. The molecule has 0 N–H and O–H groups in total. The van der Waals surface area contributed by atoms with Gasteiger partial charge in [0.2, 0.25) is 0 Å². The van der Waals surface area contributed by atoms with E-state index >= 15 is 0 Å².